The molecule has 0 fully saturated rings. The highest BCUT2D eigenvalue weighted by Crippen LogP contribution is 2.27. The van der Waals surface area contributed by atoms with Crippen LogP contribution in [-0.4, -0.2) is 22.9 Å². The standard InChI is InChI=1S/C9H11Cl2NO2/c10-5-1-2-6(7(11)3-5)9(14)8(12)4-13/h1-3,8-9,13-14H,4,12H2. The van der Waals surface area contributed by atoms with Crippen LogP contribution in [0.2, 0.25) is 10.0 Å². The zero-order chi connectivity index (χ0) is 10.7. The summed E-state index contributed by atoms with van der Waals surface area (Å²) >= 11 is 11.5. The van der Waals surface area contributed by atoms with E-state index in [4.69, 9.17) is 34.0 Å². The second kappa shape index (κ2) is 4.96. The van der Waals surface area contributed by atoms with E-state index >= 15 is 0 Å². The molecule has 0 heterocycles. The van der Waals surface area contributed by atoms with E-state index < -0.39 is 12.1 Å². The Kier molecular flexibility index (Phi) is 4.16. The Balaban J connectivity index is 2.95. The summed E-state index contributed by atoms with van der Waals surface area (Å²) in [5.74, 6) is 0. The Labute approximate surface area is 92.1 Å². The van der Waals surface area contributed by atoms with Crippen molar-refractivity contribution in [1.82, 2.24) is 0 Å². The van der Waals surface area contributed by atoms with Crippen molar-refractivity contribution in [2.24, 2.45) is 5.73 Å². The molecule has 1 rings (SSSR count). The summed E-state index contributed by atoms with van der Waals surface area (Å²) in [5, 5.41) is 19.2. The van der Waals surface area contributed by atoms with E-state index in [2.05, 4.69) is 0 Å². The van der Waals surface area contributed by atoms with Crippen LogP contribution in [0.25, 0.3) is 0 Å². The summed E-state index contributed by atoms with van der Waals surface area (Å²) in [4.78, 5) is 0. The number of aliphatic hydroxyl groups excluding tert-OH is 2. The van der Waals surface area contributed by atoms with Gasteiger partial charge in [-0.3, -0.25) is 0 Å². The van der Waals surface area contributed by atoms with Crippen LogP contribution >= 0.6 is 23.2 Å². The highest BCUT2D eigenvalue weighted by molar-refractivity contribution is 6.35. The van der Waals surface area contributed by atoms with Gasteiger partial charge in [0.15, 0.2) is 0 Å². The fourth-order valence-corrected chi connectivity index (χ4v) is 1.59. The SMILES string of the molecule is NC(CO)C(O)c1ccc(Cl)cc1Cl. The molecular formula is C9H11Cl2NO2. The maximum Gasteiger partial charge on any atom is 0.0977 e. The lowest BCUT2D eigenvalue weighted by atomic mass is 10.0. The molecule has 0 aromatic heterocycles. The van der Waals surface area contributed by atoms with E-state index in [1.54, 1.807) is 12.1 Å². The van der Waals surface area contributed by atoms with Crippen LogP contribution in [0.15, 0.2) is 18.2 Å². The quantitative estimate of drug-likeness (QED) is 0.742. The van der Waals surface area contributed by atoms with Gasteiger partial charge in [0.05, 0.1) is 18.8 Å². The average Bonchev–Trinajstić information content (AvgIpc) is 2.15. The first-order chi connectivity index (χ1) is 6.56. The zero-order valence-electron chi connectivity index (χ0n) is 7.32. The fourth-order valence-electron chi connectivity index (χ4n) is 1.07. The Morgan fingerprint density at radius 2 is 2.00 bits per heavy atom. The van der Waals surface area contributed by atoms with Crippen molar-refractivity contribution in [3.63, 3.8) is 0 Å². The molecule has 0 aliphatic carbocycles. The van der Waals surface area contributed by atoms with Gasteiger partial charge in [0.2, 0.25) is 0 Å². The number of nitrogens with two attached hydrogens (primary N) is 1. The summed E-state index contributed by atoms with van der Waals surface area (Å²) in [5.41, 5.74) is 5.93. The third-order valence-corrected chi connectivity index (χ3v) is 2.46. The molecule has 3 nitrogen and oxygen atoms in total. The largest absolute Gasteiger partial charge is 0.395 e. The van der Waals surface area contributed by atoms with Crippen LogP contribution in [-0.2, 0) is 0 Å². The maximum atomic E-state index is 9.65. The number of rotatable bonds is 3. The van der Waals surface area contributed by atoms with Gasteiger partial charge >= 0.3 is 0 Å². The van der Waals surface area contributed by atoms with Crippen LogP contribution in [0, 0.1) is 0 Å². The van der Waals surface area contributed by atoms with Crippen molar-refractivity contribution in [2.45, 2.75) is 12.1 Å². The first-order valence-electron chi connectivity index (χ1n) is 4.05. The molecule has 0 spiro atoms. The van der Waals surface area contributed by atoms with Crippen LogP contribution in [0.1, 0.15) is 11.7 Å². The van der Waals surface area contributed by atoms with Crippen LogP contribution in [0.5, 0.6) is 0 Å². The van der Waals surface area contributed by atoms with E-state index in [1.807, 2.05) is 0 Å². The minimum atomic E-state index is -0.982. The summed E-state index contributed by atoms with van der Waals surface area (Å²) in [7, 11) is 0. The minimum Gasteiger partial charge on any atom is -0.395 e. The lowest BCUT2D eigenvalue weighted by Gasteiger charge is -2.17. The fraction of sp³-hybridized carbons (Fsp3) is 0.333. The van der Waals surface area contributed by atoms with Crippen molar-refractivity contribution in [2.75, 3.05) is 6.61 Å². The van der Waals surface area contributed by atoms with Gasteiger partial charge in [-0.2, -0.15) is 0 Å². The Morgan fingerprint density at radius 1 is 1.36 bits per heavy atom. The van der Waals surface area contributed by atoms with Gasteiger partial charge in [0.1, 0.15) is 0 Å². The molecule has 1 aromatic carbocycles. The van der Waals surface area contributed by atoms with Crippen LogP contribution < -0.4 is 5.73 Å². The normalized spacial score (nSPS) is 15.2. The second-order valence-corrected chi connectivity index (χ2v) is 3.80. The van der Waals surface area contributed by atoms with Crippen molar-refractivity contribution < 1.29 is 10.2 Å². The van der Waals surface area contributed by atoms with E-state index in [0.29, 0.717) is 15.6 Å². The molecule has 0 radical (unpaired) electrons. The maximum absolute atomic E-state index is 9.65. The molecule has 0 saturated heterocycles. The summed E-state index contributed by atoms with van der Waals surface area (Å²) in [6.45, 7) is -0.305. The predicted molar refractivity (Wildman–Crippen MR) is 56.5 cm³/mol. The van der Waals surface area contributed by atoms with Gasteiger partial charge in [-0.05, 0) is 12.1 Å². The molecule has 4 N–H and O–H groups in total. The van der Waals surface area contributed by atoms with Crippen molar-refractivity contribution in [3.05, 3.63) is 33.8 Å². The van der Waals surface area contributed by atoms with Crippen molar-refractivity contribution >= 4 is 23.2 Å². The third-order valence-electron chi connectivity index (χ3n) is 1.90. The number of aliphatic hydroxyl groups is 2. The highest BCUT2D eigenvalue weighted by Gasteiger charge is 2.18. The Hall–Kier alpha value is -0.320. The number of hydrogen-bond donors (Lipinski definition) is 3. The van der Waals surface area contributed by atoms with Crippen LogP contribution in [0.3, 0.4) is 0 Å². The first-order valence-corrected chi connectivity index (χ1v) is 4.81. The zero-order valence-corrected chi connectivity index (χ0v) is 8.83. The number of halogens is 2. The Bertz CT molecular complexity index is 320. The predicted octanol–water partition coefficient (Wildman–Crippen LogP) is 1.35. The summed E-state index contributed by atoms with van der Waals surface area (Å²) in [6, 6.07) is 3.97. The molecule has 14 heavy (non-hydrogen) atoms. The molecule has 1 aromatic rings. The molecule has 0 bridgehead atoms. The molecule has 5 heteroatoms. The topological polar surface area (TPSA) is 66.5 Å². The number of benzene rings is 1. The smallest absolute Gasteiger partial charge is 0.0977 e. The molecular weight excluding hydrogens is 225 g/mol. The number of hydrogen-bond acceptors (Lipinski definition) is 3. The minimum absolute atomic E-state index is 0.305. The summed E-state index contributed by atoms with van der Waals surface area (Å²) < 4.78 is 0. The van der Waals surface area contributed by atoms with E-state index in [0.717, 1.165) is 0 Å². The van der Waals surface area contributed by atoms with Gasteiger partial charge in [-0.25, -0.2) is 0 Å². The van der Waals surface area contributed by atoms with Crippen LogP contribution in [0.4, 0.5) is 0 Å². The van der Waals surface area contributed by atoms with Gasteiger partial charge in [0, 0.05) is 15.6 Å². The van der Waals surface area contributed by atoms with Gasteiger partial charge < -0.3 is 15.9 Å². The van der Waals surface area contributed by atoms with Gasteiger partial charge in [-0.1, -0.05) is 29.3 Å². The molecule has 78 valence electrons. The van der Waals surface area contributed by atoms with Gasteiger partial charge in [-0.15, -0.1) is 0 Å². The van der Waals surface area contributed by atoms with E-state index in [-0.39, 0.29) is 6.61 Å². The molecule has 2 unspecified atom stereocenters. The first kappa shape index (κ1) is 11.8. The highest BCUT2D eigenvalue weighted by atomic mass is 35.5. The van der Waals surface area contributed by atoms with Crippen molar-refractivity contribution in [3.8, 4) is 0 Å². The lowest BCUT2D eigenvalue weighted by Crippen LogP contribution is -2.32. The van der Waals surface area contributed by atoms with E-state index in [1.165, 1.54) is 6.07 Å². The molecule has 0 saturated carbocycles. The van der Waals surface area contributed by atoms with Crippen molar-refractivity contribution in [1.29, 1.82) is 0 Å². The molecule has 0 aliphatic rings. The third kappa shape index (κ3) is 2.59. The molecule has 0 aliphatic heterocycles. The average molecular weight is 236 g/mol. The van der Waals surface area contributed by atoms with E-state index in [9.17, 15) is 5.11 Å². The lowest BCUT2D eigenvalue weighted by molar-refractivity contribution is 0.109. The monoisotopic (exact) mass is 235 g/mol. The molecule has 2 atom stereocenters. The second-order valence-electron chi connectivity index (χ2n) is 2.96. The Morgan fingerprint density at radius 3 is 2.50 bits per heavy atom. The molecule has 0 amide bonds. The van der Waals surface area contributed by atoms with Gasteiger partial charge in [0.25, 0.3) is 0 Å². The summed E-state index contributed by atoms with van der Waals surface area (Å²) in [6.07, 6.45) is -0.982.